The van der Waals surface area contributed by atoms with Crippen LogP contribution in [-0.4, -0.2) is 114 Å². The van der Waals surface area contributed by atoms with Crippen molar-refractivity contribution in [2.45, 2.75) is 108 Å². The molecule has 48 heavy (non-hydrogen) atoms. The number of nitrogens with zero attached hydrogens (tertiary/aromatic N) is 6. The number of hydrogen-bond donors (Lipinski definition) is 1. The number of amides is 2. The topological polar surface area (TPSA) is 111 Å². The van der Waals surface area contributed by atoms with E-state index in [-0.39, 0.29) is 16.7 Å². The molecule has 266 valence electrons. The third-order valence-electron chi connectivity index (χ3n) is 11.0. The Kier molecular flexibility index (Phi) is 11.7. The molecular formula is C36H57N7O4S. The SMILES string of the molecule is CCCCN1C(=O)[C@H](CC2CCCCC2)NC(=O)C12CCN(Cc1c(C)nn(-c3ccc(S(=O)(=O)N(C)CCN(C)C)cc3)c1C)CC2. The van der Waals surface area contributed by atoms with E-state index in [0.717, 1.165) is 54.7 Å². The smallest absolute Gasteiger partial charge is 0.246 e. The lowest BCUT2D eigenvalue weighted by atomic mass is 9.79. The molecule has 11 nitrogen and oxygen atoms in total. The molecule has 0 bridgehead atoms. The van der Waals surface area contributed by atoms with Gasteiger partial charge >= 0.3 is 0 Å². The zero-order valence-electron chi connectivity index (χ0n) is 30.0. The molecule has 1 saturated carbocycles. The maximum atomic E-state index is 13.9. The van der Waals surface area contributed by atoms with E-state index in [1.165, 1.54) is 23.6 Å². The zero-order chi connectivity index (χ0) is 34.6. The van der Waals surface area contributed by atoms with Crippen LogP contribution in [0.3, 0.4) is 0 Å². The fraction of sp³-hybridized carbons (Fsp3) is 0.694. The van der Waals surface area contributed by atoms with E-state index < -0.39 is 21.6 Å². The van der Waals surface area contributed by atoms with Gasteiger partial charge < -0.3 is 15.1 Å². The molecule has 0 radical (unpaired) electrons. The van der Waals surface area contributed by atoms with Crippen LogP contribution < -0.4 is 5.32 Å². The minimum absolute atomic E-state index is 0.0354. The van der Waals surface area contributed by atoms with Gasteiger partial charge in [-0.15, -0.1) is 0 Å². The summed E-state index contributed by atoms with van der Waals surface area (Å²) in [7, 11) is 1.87. The Morgan fingerprint density at radius 2 is 1.65 bits per heavy atom. The summed E-state index contributed by atoms with van der Waals surface area (Å²) in [6.07, 6.45) is 9.94. The lowest BCUT2D eigenvalue weighted by Gasteiger charge is -2.52. The molecule has 1 N–H and O–H groups in total. The number of likely N-dealkylation sites (tertiary alicyclic amines) is 1. The van der Waals surface area contributed by atoms with Crippen molar-refractivity contribution in [2.24, 2.45) is 5.92 Å². The third kappa shape index (κ3) is 7.66. The van der Waals surface area contributed by atoms with Gasteiger partial charge in [0.05, 0.1) is 16.3 Å². The number of piperazine rings is 1. The lowest BCUT2D eigenvalue weighted by Crippen LogP contribution is -2.73. The van der Waals surface area contributed by atoms with E-state index >= 15 is 0 Å². The minimum atomic E-state index is -3.59. The number of aromatic nitrogens is 2. The van der Waals surface area contributed by atoms with E-state index in [9.17, 15) is 18.0 Å². The van der Waals surface area contributed by atoms with Crippen molar-refractivity contribution in [3.05, 3.63) is 41.2 Å². The maximum absolute atomic E-state index is 13.9. The van der Waals surface area contributed by atoms with Crippen molar-refractivity contribution in [2.75, 3.05) is 53.9 Å². The van der Waals surface area contributed by atoms with Crippen molar-refractivity contribution in [3.63, 3.8) is 0 Å². The van der Waals surface area contributed by atoms with Crippen LogP contribution in [0, 0.1) is 19.8 Å². The van der Waals surface area contributed by atoms with Gasteiger partial charge in [-0.1, -0.05) is 45.4 Å². The average Bonchev–Trinajstić information content (AvgIpc) is 3.35. The molecule has 1 aliphatic carbocycles. The zero-order valence-corrected chi connectivity index (χ0v) is 30.8. The van der Waals surface area contributed by atoms with E-state index in [0.29, 0.717) is 58.0 Å². The summed E-state index contributed by atoms with van der Waals surface area (Å²) in [4.78, 5) is 34.4. The number of carbonyl (C=O) groups is 2. The number of sulfonamides is 1. The third-order valence-corrected chi connectivity index (χ3v) is 12.9. The number of likely N-dealkylation sites (N-methyl/N-ethyl adjacent to an activating group) is 2. The number of aryl methyl sites for hydroxylation is 1. The number of piperidine rings is 1. The monoisotopic (exact) mass is 683 g/mol. The van der Waals surface area contributed by atoms with Gasteiger partial charge in [-0.05, 0) is 83.8 Å². The van der Waals surface area contributed by atoms with Gasteiger partial charge in [0.1, 0.15) is 11.6 Å². The fourth-order valence-electron chi connectivity index (χ4n) is 7.79. The first-order valence-electron chi connectivity index (χ1n) is 18.0. The van der Waals surface area contributed by atoms with Crippen LogP contribution in [0.4, 0.5) is 0 Å². The Labute approximate surface area is 288 Å². The van der Waals surface area contributed by atoms with Crippen LogP contribution in [0.1, 0.15) is 88.1 Å². The molecule has 3 fully saturated rings. The van der Waals surface area contributed by atoms with Gasteiger partial charge in [-0.3, -0.25) is 14.5 Å². The molecule has 1 spiro atoms. The predicted molar refractivity (Wildman–Crippen MR) is 188 cm³/mol. The maximum Gasteiger partial charge on any atom is 0.246 e. The Morgan fingerprint density at radius 3 is 2.27 bits per heavy atom. The molecule has 1 aromatic heterocycles. The number of unbranched alkanes of at least 4 members (excludes halogenated alkanes) is 1. The van der Waals surface area contributed by atoms with Crippen molar-refractivity contribution in [1.29, 1.82) is 0 Å². The van der Waals surface area contributed by atoms with Gasteiger partial charge in [-0.25, -0.2) is 13.1 Å². The van der Waals surface area contributed by atoms with Gasteiger partial charge in [0.15, 0.2) is 0 Å². The van der Waals surface area contributed by atoms with Crippen LogP contribution in [0.2, 0.25) is 0 Å². The highest BCUT2D eigenvalue weighted by atomic mass is 32.2. The summed E-state index contributed by atoms with van der Waals surface area (Å²) >= 11 is 0. The standard InChI is InChI=1S/C36H57N7O4S/c1-7-8-20-42-34(44)33(25-29-12-10-9-11-13-29)37-35(45)36(42)18-21-41(22-19-36)26-32-27(2)38-43(28(32)3)30-14-16-31(17-15-30)48(46,47)40(6)24-23-39(4)5/h14-17,29,33H,7-13,18-26H2,1-6H3,(H,37,45)/t33-/m0/s1. The van der Waals surface area contributed by atoms with Crippen LogP contribution >= 0.6 is 0 Å². The van der Waals surface area contributed by atoms with Gasteiger partial charge in [0, 0.05) is 57.6 Å². The molecule has 2 aromatic rings. The lowest BCUT2D eigenvalue weighted by molar-refractivity contribution is -0.162. The van der Waals surface area contributed by atoms with Gasteiger partial charge in [0.2, 0.25) is 21.8 Å². The van der Waals surface area contributed by atoms with Crippen LogP contribution in [0.15, 0.2) is 29.2 Å². The van der Waals surface area contributed by atoms with Gasteiger partial charge in [-0.2, -0.15) is 9.40 Å². The molecule has 5 rings (SSSR count). The Morgan fingerprint density at radius 1 is 0.979 bits per heavy atom. The Bertz CT molecular complexity index is 1520. The highest BCUT2D eigenvalue weighted by Crippen LogP contribution is 2.36. The summed E-state index contributed by atoms with van der Waals surface area (Å²) in [5, 5.41) is 8.05. The first-order chi connectivity index (χ1) is 22.9. The van der Waals surface area contributed by atoms with Crippen molar-refractivity contribution in [3.8, 4) is 5.69 Å². The number of carbonyl (C=O) groups excluding carboxylic acids is 2. The Hall–Kier alpha value is -2.80. The summed E-state index contributed by atoms with van der Waals surface area (Å²) in [5.41, 5.74) is 3.09. The average molecular weight is 684 g/mol. The summed E-state index contributed by atoms with van der Waals surface area (Å²) < 4.78 is 29.5. The van der Waals surface area contributed by atoms with E-state index in [4.69, 9.17) is 5.10 Å². The normalized spacial score (nSPS) is 21.1. The van der Waals surface area contributed by atoms with Crippen LogP contribution in [-0.2, 0) is 26.2 Å². The number of benzene rings is 1. The number of nitrogens with one attached hydrogen (secondary N) is 1. The molecule has 2 saturated heterocycles. The van der Waals surface area contributed by atoms with E-state index in [2.05, 4.69) is 17.1 Å². The molecule has 12 heteroatoms. The Balaban J connectivity index is 1.25. The molecule has 1 atom stereocenters. The summed E-state index contributed by atoms with van der Waals surface area (Å²) in [6.45, 7) is 10.0. The first-order valence-corrected chi connectivity index (χ1v) is 19.4. The van der Waals surface area contributed by atoms with Crippen molar-refractivity contribution in [1.82, 2.24) is 34.1 Å². The second kappa shape index (κ2) is 15.4. The highest BCUT2D eigenvalue weighted by molar-refractivity contribution is 7.89. The highest BCUT2D eigenvalue weighted by Gasteiger charge is 2.53. The first kappa shape index (κ1) is 36.5. The molecule has 3 heterocycles. The fourth-order valence-corrected chi connectivity index (χ4v) is 8.95. The number of rotatable bonds is 13. The minimum Gasteiger partial charge on any atom is -0.342 e. The summed E-state index contributed by atoms with van der Waals surface area (Å²) in [5.74, 6) is 0.678. The molecule has 1 aromatic carbocycles. The van der Waals surface area contributed by atoms with Crippen LogP contribution in [0.25, 0.3) is 5.69 Å². The molecule has 2 amide bonds. The molecule has 3 aliphatic rings. The van der Waals surface area contributed by atoms with Crippen molar-refractivity contribution < 1.29 is 18.0 Å². The van der Waals surface area contributed by atoms with E-state index in [1.54, 1.807) is 19.2 Å². The summed E-state index contributed by atoms with van der Waals surface area (Å²) in [6, 6.07) is 6.53. The number of hydrogen-bond acceptors (Lipinski definition) is 7. The van der Waals surface area contributed by atoms with E-state index in [1.807, 2.05) is 54.6 Å². The largest absolute Gasteiger partial charge is 0.342 e. The second-order valence-corrected chi connectivity index (χ2v) is 16.6. The second-order valence-electron chi connectivity index (χ2n) is 14.6. The van der Waals surface area contributed by atoms with Gasteiger partial charge in [0.25, 0.3) is 0 Å². The predicted octanol–water partition coefficient (Wildman–Crippen LogP) is 4.10. The van der Waals surface area contributed by atoms with Crippen molar-refractivity contribution >= 4 is 21.8 Å². The molecular weight excluding hydrogens is 627 g/mol. The quantitative estimate of drug-likeness (QED) is 0.339. The van der Waals surface area contributed by atoms with Crippen LogP contribution in [0.5, 0.6) is 0 Å². The molecule has 0 unspecified atom stereocenters. The molecule has 2 aliphatic heterocycles.